The molecule has 6 heteroatoms. The molecule has 0 radical (unpaired) electrons. The summed E-state index contributed by atoms with van der Waals surface area (Å²) in [5.41, 5.74) is 4.03. The van der Waals surface area contributed by atoms with Gasteiger partial charge in [0.2, 0.25) is 0 Å². The van der Waals surface area contributed by atoms with Crippen molar-refractivity contribution in [3.63, 3.8) is 0 Å². The number of para-hydroxylation sites is 1. The Balaban J connectivity index is 1.62. The number of benzene rings is 2. The Kier molecular flexibility index (Phi) is 5.11. The molecule has 0 saturated carbocycles. The molecule has 0 aliphatic heterocycles. The molecule has 4 rings (SSSR count). The van der Waals surface area contributed by atoms with E-state index in [-0.39, 0.29) is 0 Å². The maximum absolute atomic E-state index is 6.12. The van der Waals surface area contributed by atoms with Crippen LogP contribution >= 0.6 is 23.4 Å². The van der Waals surface area contributed by atoms with Crippen LogP contribution in [0.4, 0.5) is 0 Å². The Labute approximate surface area is 161 Å². The average molecular weight is 384 g/mol. The smallest absolute Gasteiger partial charge is 0.169 e. The number of halogens is 1. The highest BCUT2D eigenvalue weighted by atomic mass is 35.5. The van der Waals surface area contributed by atoms with Crippen molar-refractivity contribution in [2.24, 2.45) is 0 Å². The number of methoxy groups -OCH3 is 1. The number of fused-ring (bicyclic) bond motifs is 2. The topological polar surface area (TPSA) is 39.9 Å². The monoisotopic (exact) mass is 383 g/mol. The lowest BCUT2D eigenvalue weighted by molar-refractivity contribution is 0.186. The molecule has 4 nitrogen and oxygen atoms in total. The standard InChI is InChI=1S/C20H18ClN3OS/c1-25-11-10-24-19-9-7-15(21)12-18(19)23-20(24)26-13-16-8-6-14-4-2-3-5-17(14)22-16/h2-9,12H,10-11,13H2,1H3. The first-order chi connectivity index (χ1) is 12.7. The average Bonchev–Trinajstić information content (AvgIpc) is 3.01. The van der Waals surface area contributed by atoms with E-state index >= 15 is 0 Å². The fourth-order valence-corrected chi connectivity index (χ4v) is 4.03. The van der Waals surface area contributed by atoms with Gasteiger partial charge in [0, 0.05) is 29.8 Å². The summed E-state index contributed by atoms with van der Waals surface area (Å²) in [4.78, 5) is 9.51. The maximum Gasteiger partial charge on any atom is 0.169 e. The van der Waals surface area contributed by atoms with E-state index in [2.05, 4.69) is 22.8 Å². The zero-order valence-corrected chi connectivity index (χ0v) is 15.9. The third-order valence-electron chi connectivity index (χ3n) is 4.20. The van der Waals surface area contributed by atoms with Crippen LogP contribution in [-0.4, -0.2) is 28.3 Å². The van der Waals surface area contributed by atoms with Gasteiger partial charge in [-0.15, -0.1) is 0 Å². The summed E-state index contributed by atoms with van der Waals surface area (Å²) in [6.07, 6.45) is 0. The molecular formula is C20H18ClN3OS. The molecule has 0 N–H and O–H groups in total. The van der Waals surface area contributed by atoms with Gasteiger partial charge in [0.1, 0.15) is 0 Å². The van der Waals surface area contributed by atoms with Gasteiger partial charge in [-0.1, -0.05) is 47.6 Å². The van der Waals surface area contributed by atoms with Gasteiger partial charge in [-0.25, -0.2) is 4.98 Å². The molecule has 0 saturated heterocycles. The minimum atomic E-state index is 0.635. The zero-order chi connectivity index (χ0) is 17.9. The van der Waals surface area contributed by atoms with E-state index in [0.29, 0.717) is 11.6 Å². The van der Waals surface area contributed by atoms with Crippen molar-refractivity contribution in [3.05, 3.63) is 65.3 Å². The van der Waals surface area contributed by atoms with Gasteiger partial charge in [-0.2, -0.15) is 0 Å². The molecule has 26 heavy (non-hydrogen) atoms. The van der Waals surface area contributed by atoms with Crippen LogP contribution in [0.3, 0.4) is 0 Å². The lowest BCUT2D eigenvalue weighted by Gasteiger charge is -2.08. The Morgan fingerprint density at radius 2 is 1.92 bits per heavy atom. The fraction of sp³-hybridized carbons (Fsp3) is 0.200. The second-order valence-corrected chi connectivity index (χ2v) is 7.33. The third-order valence-corrected chi connectivity index (χ3v) is 5.44. The minimum absolute atomic E-state index is 0.635. The summed E-state index contributed by atoms with van der Waals surface area (Å²) >= 11 is 7.80. The first kappa shape index (κ1) is 17.3. The molecular weight excluding hydrogens is 366 g/mol. The van der Waals surface area contributed by atoms with Crippen LogP contribution in [0.5, 0.6) is 0 Å². The van der Waals surface area contributed by atoms with Gasteiger partial charge < -0.3 is 9.30 Å². The predicted molar refractivity (Wildman–Crippen MR) is 108 cm³/mol. The Morgan fingerprint density at radius 3 is 2.81 bits per heavy atom. The quantitative estimate of drug-likeness (QED) is 0.430. The summed E-state index contributed by atoms with van der Waals surface area (Å²) in [6, 6.07) is 18.2. The van der Waals surface area contributed by atoms with Crippen LogP contribution in [-0.2, 0) is 17.0 Å². The highest BCUT2D eigenvalue weighted by Crippen LogP contribution is 2.28. The molecule has 2 aromatic carbocycles. The first-order valence-corrected chi connectivity index (χ1v) is 9.73. The summed E-state index contributed by atoms with van der Waals surface area (Å²) in [6.45, 7) is 1.39. The number of ether oxygens (including phenoxy) is 1. The lowest BCUT2D eigenvalue weighted by atomic mass is 10.2. The molecule has 132 valence electrons. The maximum atomic E-state index is 6.12. The molecule has 0 spiro atoms. The Morgan fingerprint density at radius 1 is 1.04 bits per heavy atom. The molecule has 0 fully saturated rings. The summed E-state index contributed by atoms with van der Waals surface area (Å²) in [5.74, 6) is 0.759. The molecule has 0 aliphatic rings. The Bertz CT molecular complexity index is 1060. The SMILES string of the molecule is COCCn1c(SCc2ccc3ccccc3n2)nc2cc(Cl)ccc21. The minimum Gasteiger partial charge on any atom is -0.383 e. The highest BCUT2D eigenvalue weighted by Gasteiger charge is 2.12. The molecule has 2 aromatic heterocycles. The van der Waals surface area contributed by atoms with Crippen molar-refractivity contribution in [3.8, 4) is 0 Å². The van der Waals surface area contributed by atoms with E-state index in [1.54, 1.807) is 18.9 Å². The van der Waals surface area contributed by atoms with Gasteiger partial charge in [-0.05, 0) is 30.3 Å². The van der Waals surface area contributed by atoms with Crippen LogP contribution in [0.2, 0.25) is 5.02 Å². The van der Waals surface area contributed by atoms with Crippen LogP contribution in [0, 0.1) is 0 Å². The summed E-state index contributed by atoms with van der Waals surface area (Å²) in [5, 5.41) is 2.80. The molecule has 0 bridgehead atoms. The summed E-state index contributed by atoms with van der Waals surface area (Å²) < 4.78 is 7.44. The highest BCUT2D eigenvalue weighted by molar-refractivity contribution is 7.98. The van der Waals surface area contributed by atoms with Gasteiger partial charge in [0.25, 0.3) is 0 Å². The summed E-state index contributed by atoms with van der Waals surface area (Å²) in [7, 11) is 1.71. The van der Waals surface area contributed by atoms with E-state index < -0.39 is 0 Å². The van der Waals surface area contributed by atoms with Gasteiger partial charge >= 0.3 is 0 Å². The van der Waals surface area contributed by atoms with Gasteiger partial charge in [-0.3, -0.25) is 4.98 Å². The van der Waals surface area contributed by atoms with Crippen LogP contribution in [0.1, 0.15) is 5.69 Å². The van der Waals surface area contributed by atoms with Crippen LogP contribution < -0.4 is 0 Å². The molecule has 2 heterocycles. The molecule has 0 aliphatic carbocycles. The molecule has 0 atom stereocenters. The first-order valence-electron chi connectivity index (χ1n) is 8.37. The number of pyridine rings is 1. The fourth-order valence-electron chi connectivity index (χ4n) is 2.92. The van der Waals surface area contributed by atoms with Crippen molar-refractivity contribution >= 4 is 45.3 Å². The number of hydrogen-bond acceptors (Lipinski definition) is 4. The number of nitrogens with zero attached hydrogens (tertiary/aromatic N) is 3. The van der Waals surface area contributed by atoms with Gasteiger partial charge in [0.15, 0.2) is 5.16 Å². The second kappa shape index (κ2) is 7.66. The molecule has 0 amide bonds. The molecule has 4 aromatic rings. The van der Waals surface area contributed by atoms with Crippen molar-refractivity contribution in [2.75, 3.05) is 13.7 Å². The number of thioether (sulfide) groups is 1. The largest absolute Gasteiger partial charge is 0.383 e. The van der Waals surface area contributed by atoms with E-state index in [9.17, 15) is 0 Å². The van der Waals surface area contributed by atoms with E-state index in [4.69, 9.17) is 26.3 Å². The predicted octanol–water partition coefficient (Wildman–Crippen LogP) is 5.18. The Hall–Kier alpha value is -2.08. The van der Waals surface area contributed by atoms with Crippen molar-refractivity contribution in [1.82, 2.24) is 14.5 Å². The third kappa shape index (κ3) is 3.56. The molecule has 0 unspecified atom stereocenters. The lowest BCUT2D eigenvalue weighted by Crippen LogP contribution is -2.05. The van der Waals surface area contributed by atoms with Crippen molar-refractivity contribution in [2.45, 2.75) is 17.5 Å². The zero-order valence-electron chi connectivity index (χ0n) is 14.4. The van der Waals surface area contributed by atoms with Crippen molar-refractivity contribution < 1.29 is 4.74 Å². The van der Waals surface area contributed by atoms with Gasteiger partial charge in [0.05, 0.1) is 28.9 Å². The van der Waals surface area contributed by atoms with E-state index in [1.807, 2.05) is 36.4 Å². The van der Waals surface area contributed by atoms with Crippen LogP contribution in [0.25, 0.3) is 21.9 Å². The second-order valence-electron chi connectivity index (χ2n) is 5.96. The normalized spacial score (nSPS) is 11.5. The number of imidazole rings is 1. The van der Waals surface area contributed by atoms with Crippen molar-refractivity contribution in [1.29, 1.82) is 0 Å². The van der Waals surface area contributed by atoms with E-state index in [1.165, 1.54) is 0 Å². The number of rotatable bonds is 6. The van der Waals surface area contributed by atoms with E-state index in [0.717, 1.165) is 45.1 Å². The number of hydrogen-bond donors (Lipinski definition) is 0. The van der Waals surface area contributed by atoms with Crippen LogP contribution in [0.15, 0.2) is 59.8 Å². The number of aromatic nitrogens is 3.